The minimum Gasteiger partial charge on any atom is -0.437 e. The van der Waals surface area contributed by atoms with E-state index in [0.29, 0.717) is 27.9 Å². The van der Waals surface area contributed by atoms with E-state index in [-0.39, 0.29) is 5.91 Å². The van der Waals surface area contributed by atoms with Gasteiger partial charge in [-0.25, -0.2) is 4.98 Å². The molecule has 1 atom stereocenters. The van der Waals surface area contributed by atoms with E-state index in [1.807, 2.05) is 17.5 Å². The number of ether oxygens (including phenoxy) is 1. The summed E-state index contributed by atoms with van der Waals surface area (Å²) in [5.74, 6) is 1.31. The van der Waals surface area contributed by atoms with Crippen molar-refractivity contribution in [3.63, 3.8) is 0 Å². The van der Waals surface area contributed by atoms with Gasteiger partial charge in [0, 0.05) is 24.1 Å². The van der Waals surface area contributed by atoms with Gasteiger partial charge in [0.2, 0.25) is 11.8 Å². The largest absolute Gasteiger partial charge is 0.437 e. The van der Waals surface area contributed by atoms with Crippen LogP contribution in [0, 0.1) is 4.77 Å². The molecule has 3 heterocycles. The number of aromatic nitrogens is 5. The van der Waals surface area contributed by atoms with Gasteiger partial charge in [0.05, 0.1) is 11.1 Å². The van der Waals surface area contributed by atoms with Crippen molar-refractivity contribution in [1.82, 2.24) is 24.7 Å². The highest BCUT2D eigenvalue weighted by molar-refractivity contribution is 7.71. The lowest BCUT2D eigenvalue weighted by atomic mass is 10.2. The smallest absolute Gasteiger partial charge is 0.247 e. The number of hydrogen-bond acceptors (Lipinski definition) is 7. The first-order valence-corrected chi connectivity index (χ1v) is 9.96. The van der Waals surface area contributed by atoms with Gasteiger partial charge in [-0.3, -0.25) is 19.4 Å². The highest BCUT2D eigenvalue weighted by atomic mass is 32.1. The topological polar surface area (TPSA) is 97.7 Å². The van der Waals surface area contributed by atoms with Crippen LogP contribution in [-0.4, -0.2) is 30.6 Å². The summed E-state index contributed by atoms with van der Waals surface area (Å²) in [7, 11) is 0. The summed E-state index contributed by atoms with van der Waals surface area (Å²) in [6.45, 7) is 1.78. The quantitative estimate of drug-likeness (QED) is 0.444. The first-order valence-electron chi connectivity index (χ1n) is 8.67. The third-order valence-electron chi connectivity index (χ3n) is 4.08. The lowest BCUT2D eigenvalue weighted by molar-refractivity contribution is -0.118. The molecule has 0 aliphatic carbocycles. The molecule has 146 valence electrons. The number of aromatic amines is 1. The van der Waals surface area contributed by atoms with E-state index in [1.54, 1.807) is 48.1 Å². The van der Waals surface area contributed by atoms with Gasteiger partial charge in [-0.1, -0.05) is 12.1 Å². The van der Waals surface area contributed by atoms with Crippen LogP contribution < -0.4 is 10.1 Å². The van der Waals surface area contributed by atoms with Crippen molar-refractivity contribution in [2.24, 2.45) is 0 Å². The number of anilines is 1. The standard InChI is InChI=1S/C19H16N6O2S2/c1-12(25-17(23-24-19(25)28)15-6-3-9-29-15)18(26)22-13-4-2-5-14(10-13)27-16-11-20-7-8-21-16/h2-12H,1H3,(H,22,26)(H,24,28). The van der Waals surface area contributed by atoms with Crippen LogP contribution in [0.4, 0.5) is 5.69 Å². The molecule has 4 aromatic rings. The van der Waals surface area contributed by atoms with Crippen LogP contribution in [-0.2, 0) is 4.79 Å². The molecule has 0 bridgehead atoms. The number of nitrogens with one attached hydrogen (secondary N) is 2. The van der Waals surface area contributed by atoms with Crippen LogP contribution in [0.1, 0.15) is 13.0 Å². The molecule has 29 heavy (non-hydrogen) atoms. The summed E-state index contributed by atoms with van der Waals surface area (Å²) in [6, 6.07) is 10.3. The van der Waals surface area contributed by atoms with E-state index >= 15 is 0 Å². The zero-order valence-electron chi connectivity index (χ0n) is 15.3. The van der Waals surface area contributed by atoms with Crippen molar-refractivity contribution in [3.8, 4) is 22.3 Å². The Hall–Kier alpha value is -3.37. The average Bonchev–Trinajstić information content (AvgIpc) is 3.38. The zero-order valence-corrected chi connectivity index (χ0v) is 16.9. The number of H-pyrrole nitrogens is 1. The van der Waals surface area contributed by atoms with Crippen LogP contribution in [0.2, 0.25) is 0 Å². The van der Waals surface area contributed by atoms with E-state index < -0.39 is 6.04 Å². The van der Waals surface area contributed by atoms with Crippen molar-refractivity contribution >= 4 is 35.1 Å². The Morgan fingerprint density at radius 2 is 2.21 bits per heavy atom. The van der Waals surface area contributed by atoms with E-state index in [9.17, 15) is 4.79 Å². The summed E-state index contributed by atoms with van der Waals surface area (Å²) in [4.78, 5) is 21.8. The fraction of sp³-hybridized carbons (Fsp3) is 0.105. The summed E-state index contributed by atoms with van der Waals surface area (Å²) >= 11 is 6.87. The van der Waals surface area contributed by atoms with Gasteiger partial charge in [-0.05, 0) is 42.7 Å². The van der Waals surface area contributed by atoms with Gasteiger partial charge in [-0.2, -0.15) is 5.10 Å². The zero-order chi connectivity index (χ0) is 20.2. The van der Waals surface area contributed by atoms with E-state index in [1.165, 1.54) is 17.5 Å². The SMILES string of the molecule is CC(C(=O)Nc1cccc(Oc2cnccn2)c1)n1c(-c2cccs2)n[nH]c1=S. The fourth-order valence-corrected chi connectivity index (χ4v) is 3.70. The predicted octanol–water partition coefficient (Wildman–Crippen LogP) is 4.45. The van der Waals surface area contributed by atoms with Crippen LogP contribution in [0.5, 0.6) is 11.6 Å². The maximum atomic E-state index is 12.9. The van der Waals surface area contributed by atoms with Crippen LogP contribution >= 0.6 is 23.6 Å². The second-order valence-corrected chi connectivity index (χ2v) is 7.37. The number of thiophene rings is 1. The molecule has 3 aromatic heterocycles. The molecule has 0 spiro atoms. The Morgan fingerprint density at radius 1 is 1.31 bits per heavy atom. The summed E-state index contributed by atoms with van der Waals surface area (Å²) in [5.41, 5.74) is 0.593. The van der Waals surface area contributed by atoms with E-state index in [2.05, 4.69) is 25.5 Å². The van der Waals surface area contributed by atoms with Gasteiger partial charge >= 0.3 is 0 Å². The van der Waals surface area contributed by atoms with Gasteiger partial charge in [0.15, 0.2) is 10.6 Å². The number of carbonyl (C=O) groups excluding carboxylic acids is 1. The highest BCUT2D eigenvalue weighted by Crippen LogP contribution is 2.27. The van der Waals surface area contributed by atoms with E-state index in [4.69, 9.17) is 17.0 Å². The third-order valence-corrected chi connectivity index (χ3v) is 5.23. The Kier molecular flexibility index (Phi) is 5.45. The molecular weight excluding hydrogens is 408 g/mol. The minimum absolute atomic E-state index is 0.225. The van der Waals surface area contributed by atoms with E-state index in [0.717, 1.165) is 4.88 Å². The first-order chi connectivity index (χ1) is 14.1. The molecule has 4 rings (SSSR count). The molecule has 2 N–H and O–H groups in total. The molecule has 0 fully saturated rings. The fourth-order valence-electron chi connectivity index (χ4n) is 2.70. The van der Waals surface area contributed by atoms with Crippen molar-refractivity contribution in [2.45, 2.75) is 13.0 Å². The number of hydrogen-bond donors (Lipinski definition) is 2. The number of rotatable bonds is 6. The van der Waals surface area contributed by atoms with Crippen molar-refractivity contribution in [2.75, 3.05) is 5.32 Å². The molecule has 8 nitrogen and oxygen atoms in total. The highest BCUT2D eigenvalue weighted by Gasteiger charge is 2.21. The number of benzene rings is 1. The second-order valence-electron chi connectivity index (χ2n) is 6.04. The van der Waals surface area contributed by atoms with Crippen molar-refractivity contribution in [3.05, 3.63) is 65.1 Å². The Bertz CT molecular complexity index is 1170. The number of amides is 1. The number of nitrogens with zero attached hydrogens (tertiary/aromatic N) is 4. The molecule has 0 aliphatic rings. The van der Waals surface area contributed by atoms with Crippen LogP contribution in [0.15, 0.2) is 60.4 Å². The summed E-state index contributed by atoms with van der Waals surface area (Å²) in [6.07, 6.45) is 4.62. The Labute approximate surface area is 175 Å². The number of carbonyl (C=O) groups is 1. The third kappa shape index (κ3) is 4.23. The summed E-state index contributed by atoms with van der Waals surface area (Å²) < 4.78 is 7.75. The molecule has 0 radical (unpaired) electrons. The lowest BCUT2D eigenvalue weighted by Crippen LogP contribution is -2.24. The van der Waals surface area contributed by atoms with Gasteiger partial charge < -0.3 is 10.1 Å². The van der Waals surface area contributed by atoms with Crippen LogP contribution in [0.3, 0.4) is 0 Å². The average molecular weight is 425 g/mol. The maximum absolute atomic E-state index is 12.9. The Morgan fingerprint density at radius 3 is 2.97 bits per heavy atom. The molecule has 1 unspecified atom stereocenters. The van der Waals surface area contributed by atoms with Crippen molar-refractivity contribution in [1.29, 1.82) is 0 Å². The van der Waals surface area contributed by atoms with Gasteiger partial charge in [-0.15, -0.1) is 11.3 Å². The molecule has 1 amide bonds. The van der Waals surface area contributed by atoms with Crippen molar-refractivity contribution < 1.29 is 9.53 Å². The molecule has 1 aromatic carbocycles. The molecule has 0 saturated heterocycles. The predicted molar refractivity (Wildman–Crippen MR) is 113 cm³/mol. The van der Waals surface area contributed by atoms with Gasteiger partial charge in [0.1, 0.15) is 11.8 Å². The normalized spacial score (nSPS) is 11.8. The second kappa shape index (κ2) is 8.33. The first kappa shape index (κ1) is 19.0. The molecule has 0 aliphatic heterocycles. The maximum Gasteiger partial charge on any atom is 0.247 e. The minimum atomic E-state index is -0.567. The lowest BCUT2D eigenvalue weighted by Gasteiger charge is -2.15. The molecule has 10 heteroatoms. The summed E-state index contributed by atoms with van der Waals surface area (Å²) in [5, 5.41) is 11.9. The molecular formula is C19H16N6O2S2. The Balaban J connectivity index is 1.52. The molecule has 0 saturated carbocycles. The van der Waals surface area contributed by atoms with Gasteiger partial charge in [0.25, 0.3) is 0 Å². The monoisotopic (exact) mass is 424 g/mol. The van der Waals surface area contributed by atoms with Crippen LogP contribution in [0.25, 0.3) is 10.7 Å².